The first kappa shape index (κ1) is 12.5. The van der Waals surface area contributed by atoms with E-state index in [4.69, 9.17) is 4.74 Å². The summed E-state index contributed by atoms with van der Waals surface area (Å²) in [5.74, 6) is 1.34. The summed E-state index contributed by atoms with van der Waals surface area (Å²) in [5.41, 5.74) is 1.08. The van der Waals surface area contributed by atoms with Crippen molar-refractivity contribution in [3.63, 3.8) is 0 Å². The number of aromatic nitrogens is 1. The topological polar surface area (TPSA) is 34.1 Å². The third-order valence-electron chi connectivity index (χ3n) is 1.95. The summed E-state index contributed by atoms with van der Waals surface area (Å²) in [6.07, 6.45) is 1.74. The maximum atomic E-state index is 5.19. The molecule has 15 heavy (non-hydrogen) atoms. The number of nitrogens with one attached hydrogen (secondary N) is 1. The lowest BCUT2D eigenvalue weighted by Crippen LogP contribution is -2.19. The SMILES string of the molecule is COc1ncc(Br)cc1CNCC(C)C. The van der Waals surface area contributed by atoms with E-state index in [1.54, 1.807) is 13.3 Å². The Kier molecular flexibility index (Phi) is 5.05. The molecule has 0 amide bonds. The molecule has 1 N–H and O–H groups in total. The van der Waals surface area contributed by atoms with Crippen molar-refractivity contribution >= 4 is 15.9 Å². The Hall–Kier alpha value is -0.610. The van der Waals surface area contributed by atoms with Crippen LogP contribution < -0.4 is 10.1 Å². The van der Waals surface area contributed by atoms with Gasteiger partial charge in [-0.1, -0.05) is 13.8 Å². The van der Waals surface area contributed by atoms with Gasteiger partial charge in [0.05, 0.1) is 7.11 Å². The van der Waals surface area contributed by atoms with Crippen LogP contribution in [0.1, 0.15) is 19.4 Å². The van der Waals surface area contributed by atoms with E-state index in [0.29, 0.717) is 11.8 Å². The van der Waals surface area contributed by atoms with Crippen molar-refractivity contribution in [1.29, 1.82) is 0 Å². The van der Waals surface area contributed by atoms with Gasteiger partial charge in [-0.3, -0.25) is 0 Å². The van der Waals surface area contributed by atoms with Gasteiger partial charge in [-0.2, -0.15) is 0 Å². The first-order valence-corrected chi connectivity index (χ1v) is 5.82. The maximum Gasteiger partial charge on any atom is 0.217 e. The van der Waals surface area contributed by atoms with Gasteiger partial charge >= 0.3 is 0 Å². The highest BCUT2D eigenvalue weighted by Gasteiger charge is 2.04. The first-order valence-electron chi connectivity index (χ1n) is 5.02. The molecule has 1 rings (SSSR count). The Balaban J connectivity index is 2.62. The van der Waals surface area contributed by atoms with E-state index in [1.807, 2.05) is 6.07 Å². The quantitative estimate of drug-likeness (QED) is 0.895. The number of halogens is 1. The van der Waals surface area contributed by atoms with Gasteiger partial charge in [-0.25, -0.2) is 4.98 Å². The predicted octanol–water partition coefficient (Wildman–Crippen LogP) is 2.60. The lowest BCUT2D eigenvalue weighted by molar-refractivity contribution is 0.389. The van der Waals surface area contributed by atoms with E-state index in [9.17, 15) is 0 Å². The van der Waals surface area contributed by atoms with Gasteiger partial charge in [0.15, 0.2) is 0 Å². The Morgan fingerprint density at radius 2 is 2.27 bits per heavy atom. The second-order valence-electron chi connectivity index (χ2n) is 3.85. The predicted molar refractivity (Wildman–Crippen MR) is 65.0 cm³/mol. The van der Waals surface area contributed by atoms with Crippen molar-refractivity contribution in [2.75, 3.05) is 13.7 Å². The molecule has 1 aromatic rings. The van der Waals surface area contributed by atoms with Crippen molar-refractivity contribution < 1.29 is 4.74 Å². The smallest absolute Gasteiger partial charge is 0.217 e. The molecule has 0 saturated carbocycles. The zero-order valence-electron chi connectivity index (χ0n) is 9.38. The molecule has 0 aliphatic rings. The average molecular weight is 273 g/mol. The van der Waals surface area contributed by atoms with Crippen molar-refractivity contribution in [1.82, 2.24) is 10.3 Å². The highest BCUT2D eigenvalue weighted by atomic mass is 79.9. The second-order valence-corrected chi connectivity index (χ2v) is 4.76. The van der Waals surface area contributed by atoms with E-state index in [1.165, 1.54) is 0 Å². The maximum absolute atomic E-state index is 5.19. The summed E-state index contributed by atoms with van der Waals surface area (Å²) >= 11 is 3.40. The molecule has 3 nitrogen and oxygen atoms in total. The molecule has 0 aliphatic carbocycles. The number of hydrogen-bond donors (Lipinski definition) is 1. The highest BCUT2D eigenvalue weighted by molar-refractivity contribution is 9.10. The fourth-order valence-corrected chi connectivity index (χ4v) is 1.65. The Bertz CT molecular complexity index is 315. The molecule has 0 unspecified atom stereocenters. The van der Waals surface area contributed by atoms with Crippen LogP contribution in [0.5, 0.6) is 5.88 Å². The first-order chi connectivity index (χ1) is 7.13. The Labute approximate surface area is 99.4 Å². The van der Waals surface area contributed by atoms with E-state index in [2.05, 4.69) is 40.1 Å². The van der Waals surface area contributed by atoms with Gasteiger partial charge in [0.2, 0.25) is 5.88 Å². The van der Waals surface area contributed by atoms with E-state index in [0.717, 1.165) is 23.1 Å². The lowest BCUT2D eigenvalue weighted by Gasteiger charge is -2.10. The minimum absolute atomic E-state index is 0.649. The van der Waals surface area contributed by atoms with Crippen LogP contribution in [0.3, 0.4) is 0 Å². The number of nitrogens with zero attached hydrogens (tertiary/aromatic N) is 1. The molecule has 4 heteroatoms. The number of ether oxygens (including phenoxy) is 1. The third kappa shape index (κ3) is 4.18. The van der Waals surface area contributed by atoms with Crippen LogP contribution in [0.25, 0.3) is 0 Å². The molecule has 0 radical (unpaired) electrons. The van der Waals surface area contributed by atoms with Crippen LogP contribution in [0.4, 0.5) is 0 Å². The van der Waals surface area contributed by atoms with Crippen molar-refractivity contribution in [3.05, 3.63) is 22.3 Å². The molecule has 84 valence electrons. The van der Waals surface area contributed by atoms with Crippen LogP contribution in [0, 0.1) is 5.92 Å². The summed E-state index contributed by atoms with van der Waals surface area (Å²) < 4.78 is 6.16. The molecule has 0 fully saturated rings. The van der Waals surface area contributed by atoms with Gasteiger partial charge in [0.25, 0.3) is 0 Å². The summed E-state index contributed by atoms with van der Waals surface area (Å²) in [5, 5.41) is 3.36. The van der Waals surface area contributed by atoms with E-state index in [-0.39, 0.29) is 0 Å². The Morgan fingerprint density at radius 1 is 1.53 bits per heavy atom. The molecule has 0 saturated heterocycles. The minimum atomic E-state index is 0.649. The van der Waals surface area contributed by atoms with Gasteiger partial charge in [-0.05, 0) is 34.5 Å². The molecule has 0 spiro atoms. The standard InChI is InChI=1S/C11H17BrN2O/c1-8(2)5-13-6-9-4-10(12)7-14-11(9)15-3/h4,7-8,13H,5-6H2,1-3H3. The monoisotopic (exact) mass is 272 g/mol. The number of methoxy groups -OCH3 is 1. The summed E-state index contributed by atoms with van der Waals surface area (Å²) in [6, 6.07) is 2.03. The van der Waals surface area contributed by atoms with Crippen LogP contribution in [-0.4, -0.2) is 18.6 Å². The summed E-state index contributed by atoms with van der Waals surface area (Å²) in [4.78, 5) is 4.19. The van der Waals surface area contributed by atoms with E-state index >= 15 is 0 Å². The van der Waals surface area contributed by atoms with Crippen LogP contribution in [0.15, 0.2) is 16.7 Å². The molecule has 1 aromatic heterocycles. The average Bonchev–Trinajstić information content (AvgIpc) is 2.17. The van der Waals surface area contributed by atoms with Gasteiger partial charge in [-0.15, -0.1) is 0 Å². The zero-order valence-corrected chi connectivity index (χ0v) is 11.0. The van der Waals surface area contributed by atoms with Crippen molar-refractivity contribution in [2.45, 2.75) is 20.4 Å². The lowest BCUT2D eigenvalue weighted by atomic mass is 10.2. The third-order valence-corrected chi connectivity index (χ3v) is 2.39. The fourth-order valence-electron chi connectivity index (χ4n) is 1.27. The van der Waals surface area contributed by atoms with E-state index < -0.39 is 0 Å². The molecule has 0 aromatic carbocycles. The minimum Gasteiger partial charge on any atom is -0.481 e. The fraction of sp³-hybridized carbons (Fsp3) is 0.545. The molecule has 0 bridgehead atoms. The van der Waals surface area contributed by atoms with Gasteiger partial charge < -0.3 is 10.1 Å². The molecular formula is C11H17BrN2O. The van der Waals surface area contributed by atoms with Gasteiger partial charge in [0.1, 0.15) is 0 Å². The largest absolute Gasteiger partial charge is 0.481 e. The number of pyridine rings is 1. The van der Waals surface area contributed by atoms with Crippen LogP contribution in [-0.2, 0) is 6.54 Å². The van der Waals surface area contributed by atoms with Crippen LogP contribution in [0.2, 0.25) is 0 Å². The molecule has 0 aliphatic heterocycles. The second kappa shape index (κ2) is 6.08. The molecule has 1 heterocycles. The van der Waals surface area contributed by atoms with Crippen LogP contribution >= 0.6 is 15.9 Å². The van der Waals surface area contributed by atoms with Gasteiger partial charge in [0, 0.05) is 22.8 Å². The molecular weight excluding hydrogens is 256 g/mol. The molecule has 0 atom stereocenters. The number of rotatable bonds is 5. The van der Waals surface area contributed by atoms with Crippen molar-refractivity contribution in [2.24, 2.45) is 5.92 Å². The Morgan fingerprint density at radius 3 is 2.87 bits per heavy atom. The number of hydrogen-bond acceptors (Lipinski definition) is 3. The van der Waals surface area contributed by atoms with Crippen molar-refractivity contribution in [3.8, 4) is 5.88 Å². The zero-order chi connectivity index (χ0) is 11.3. The normalized spacial score (nSPS) is 10.7. The highest BCUT2D eigenvalue weighted by Crippen LogP contribution is 2.19. The summed E-state index contributed by atoms with van der Waals surface area (Å²) in [6.45, 7) is 6.15. The summed E-state index contributed by atoms with van der Waals surface area (Å²) in [7, 11) is 1.64.